The summed E-state index contributed by atoms with van der Waals surface area (Å²) in [5.74, 6) is 0.512. The SMILES string of the molecule is C=C(CCCN1CCC(CCCOc2ccc(C(=N)OCC)c(F)c2)CC1)c1ccc(C(=C)OCC)c(F)c1. The highest BCUT2D eigenvalue weighted by Gasteiger charge is 2.19. The van der Waals surface area contributed by atoms with E-state index in [1.807, 2.05) is 13.0 Å². The number of nitrogens with one attached hydrogen (secondary N) is 1. The second-order valence-electron chi connectivity index (χ2n) is 9.94. The van der Waals surface area contributed by atoms with Crippen LogP contribution in [0, 0.1) is 23.0 Å². The van der Waals surface area contributed by atoms with E-state index in [0.717, 1.165) is 56.5 Å². The molecule has 0 atom stereocenters. The van der Waals surface area contributed by atoms with Crippen molar-refractivity contribution in [1.29, 1.82) is 5.41 Å². The molecule has 0 spiro atoms. The maximum Gasteiger partial charge on any atom is 0.216 e. The van der Waals surface area contributed by atoms with Gasteiger partial charge in [0.1, 0.15) is 23.1 Å². The number of rotatable bonds is 15. The van der Waals surface area contributed by atoms with Crippen LogP contribution in [0.3, 0.4) is 0 Å². The number of halogens is 2. The molecular formula is C32H42F2N2O3. The molecule has 1 aliphatic rings. The second kappa shape index (κ2) is 15.4. The fourth-order valence-corrected chi connectivity index (χ4v) is 4.93. The first-order valence-corrected chi connectivity index (χ1v) is 14.0. The third kappa shape index (κ3) is 9.20. The van der Waals surface area contributed by atoms with Crippen molar-refractivity contribution < 1.29 is 23.0 Å². The van der Waals surface area contributed by atoms with Gasteiger partial charge in [0.15, 0.2) is 0 Å². The molecule has 0 aliphatic carbocycles. The Balaban J connectivity index is 1.30. The van der Waals surface area contributed by atoms with Crippen molar-refractivity contribution in [2.24, 2.45) is 5.92 Å². The third-order valence-electron chi connectivity index (χ3n) is 7.16. The summed E-state index contributed by atoms with van der Waals surface area (Å²) >= 11 is 0. The Labute approximate surface area is 232 Å². The molecule has 0 aromatic heterocycles. The van der Waals surface area contributed by atoms with Crippen LogP contribution in [0.15, 0.2) is 49.6 Å². The minimum atomic E-state index is -0.504. The van der Waals surface area contributed by atoms with Gasteiger partial charge in [0.2, 0.25) is 5.90 Å². The molecule has 2 aromatic rings. The zero-order chi connectivity index (χ0) is 28.2. The minimum absolute atomic E-state index is 0.146. The highest BCUT2D eigenvalue weighted by atomic mass is 19.1. The van der Waals surface area contributed by atoms with Crippen LogP contribution < -0.4 is 4.74 Å². The average molecular weight is 541 g/mol. The molecule has 0 bridgehead atoms. The summed E-state index contributed by atoms with van der Waals surface area (Å²) in [7, 11) is 0. The second-order valence-corrected chi connectivity index (χ2v) is 9.94. The topological polar surface area (TPSA) is 54.8 Å². The Morgan fingerprint density at radius 3 is 2.31 bits per heavy atom. The van der Waals surface area contributed by atoms with Crippen LogP contribution >= 0.6 is 0 Å². The molecule has 5 nitrogen and oxygen atoms in total. The Bertz CT molecular complexity index is 1130. The van der Waals surface area contributed by atoms with Gasteiger partial charge < -0.3 is 19.1 Å². The van der Waals surface area contributed by atoms with E-state index in [4.69, 9.17) is 19.6 Å². The van der Waals surface area contributed by atoms with E-state index in [-0.39, 0.29) is 17.3 Å². The molecule has 1 aliphatic heterocycles. The smallest absolute Gasteiger partial charge is 0.216 e. The Morgan fingerprint density at radius 1 is 0.949 bits per heavy atom. The summed E-state index contributed by atoms with van der Waals surface area (Å²) in [6, 6.07) is 9.67. The van der Waals surface area contributed by atoms with Gasteiger partial charge in [-0.2, -0.15) is 0 Å². The van der Waals surface area contributed by atoms with Crippen molar-refractivity contribution >= 4 is 17.2 Å². The molecule has 1 heterocycles. The number of benzene rings is 2. The molecule has 1 saturated heterocycles. The molecule has 7 heteroatoms. The molecule has 212 valence electrons. The van der Waals surface area contributed by atoms with Gasteiger partial charge in [-0.25, -0.2) is 8.78 Å². The molecule has 2 aromatic carbocycles. The zero-order valence-corrected chi connectivity index (χ0v) is 23.4. The highest BCUT2D eigenvalue weighted by molar-refractivity contribution is 5.92. The molecule has 0 unspecified atom stereocenters. The van der Waals surface area contributed by atoms with E-state index in [9.17, 15) is 8.78 Å². The van der Waals surface area contributed by atoms with Gasteiger partial charge in [-0.3, -0.25) is 5.41 Å². The van der Waals surface area contributed by atoms with E-state index >= 15 is 0 Å². The van der Waals surface area contributed by atoms with Gasteiger partial charge >= 0.3 is 0 Å². The summed E-state index contributed by atoms with van der Waals surface area (Å²) in [6.07, 6.45) is 6.18. The van der Waals surface area contributed by atoms with Crippen LogP contribution in [0.25, 0.3) is 11.3 Å². The maximum atomic E-state index is 14.5. The van der Waals surface area contributed by atoms with E-state index in [1.54, 1.807) is 19.1 Å². The molecule has 3 rings (SSSR count). The number of piperidine rings is 1. The third-order valence-corrected chi connectivity index (χ3v) is 7.16. The van der Waals surface area contributed by atoms with E-state index in [1.165, 1.54) is 31.0 Å². The van der Waals surface area contributed by atoms with Gasteiger partial charge in [-0.05, 0) is 113 Å². The Morgan fingerprint density at radius 2 is 1.64 bits per heavy atom. The fourth-order valence-electron chi connectivity index (χ4n) is 4.93. The first-order valence-electron chi connectivity index (χ1n) is 14.0. The highest BCUT2D eigenvalue weighted by Crippen LogP contribution is 2.26. The number of hydrogen-bond donors (Lipinski definition) is 1. The summed E-state index contributed by atoms with van der Waals surface area (Å²) < 4.78 is 44.8. The maximum absolute atomic E-state index is 14.5. The van der Waals surface area contributed by atoms with Crippen molar-refractivity contribution in [3.8, 4) is 5.75 Å². The Kier molecular flexibility index (Phi) is 12.0. The summed E-state index contributed by atoms with van der Waals surface area (Å²) in [5, 5.41) is 7.74. The van der Waals surface area contributed by atoms with Crippen LogP contribution in [-0.2, 0) is 9.47 Å². The largest absolute Gasteiger partial charge is 0.494 e. The fraction of sp³-hybridized carbons (Fsp3) is 0.469. The first kappa shape index (κ1) is 30.4. The van der Waals surface area contributed by atoms with Crippen LogP contribution in [0.5, 0.6) is 5.75 Å². The van der Waals surface area contributed by atoms with Crippen LogP contribution in [-0.4, -0.2) is 50.3 Å². The van der Waals surface area contributed by atoms with Gasteiger partial charge in [0, 0.05) is 6.07 Å². The lowest BCUT2D eigenvalue weighted by Crippen LogP contribution is -2.34. The Hall–Kier alpha value is -3.19. The predicted molar refractivity (Wildman–Crippen MR) is 154 cm³/mol. The average Bonchev–Trinajstić information content (AvgIpc) is 2.92. The minimum Gasteiger partial charge on any atom is -0.494 e. The van der Waals surface area contributed by atoms with E-state index in [0.29, 0.717) is 42.8 Å². The van der Waals surface area contributed by atoms with Gasteiger partial charge in [-0.1, -0.05) is 19.2 Å². The quantitative estimate of drug-likeness (QED) is 0.109. The summed E-state index contributed by atoms with van der Waals surface area (Å²) in [6.45, 7) is 16.1. The number of allylic oxidation sites excluding steroid dienone is 1. The van der Waals surface area contributed by atoms with Crippen LogP contribution in [0.1, 0.15) is 69.1 Å². The zero-order valence-electron chi connectivity index (χ0n) is 23.4. The molecule has 0 amide bonds. The molecule has 39 heavy (non-hydrogen) atoms. The van der Waals surface area contributed by atoms with Crippen LogP contribution in [0.2, 0.25) is 0 Å². The number of nitrogens with zero attached hydrogens (tertiary/aromatic N) is 1. The molecule has 0 radical (unpaired) electrons. The lowest BCUT2D eigenvalue weighted by Gasteiger charge is -2.32. The van der Waals surface area contributed by atoms with Gasteiger partial charge in [0.05, 0.1) is 30.9 Å². The lowest BCUT2D eigenvalue weighted by molar-refractivity contribution is 0.171. The monoisotopic (exact) mass is 540 g/mol. The molecule has 0 saturated carbocycles. The van der Waals surface area contributed by atoms with Crippen LogP contribution in [0.4, 0.5) is 8.78 Å². The van der Waals surface area contributed by atoms with Crippen molar-refractivity contribution in [2.45, 2.75) is 52.4 Å². The molecule has 1 N–H and O–H groups in total. The molecular weight excluding hydrogens is 498 g/mol. The normalized spacial score (nSPS) is 14.2. The van der Waals surface area contributed by atoms with Crippen molar-refractivity contribution in [3.63, 3.8) is 0 Å². The lowest BCUT2D eigenvalue weighted by atomic mass is 9.92. The predicted octanol–water partition coefficient (Wildman–Crippen LogP) is 7.70. The van der Waals surface area contributed by atoms with Crippen molar-refractivity contribution in [2.75, 3.05) is 39.5 Å². The summed E-state index contributed by atoms with van der Waals surface area (Å²) in [5.41, 5.74) is 2.31. The van der Waals surface area contributed by atoms with Crippen molar-refractivity contribution in [3.05, 3.63) is 77.9 Å². The molecule has 1 fully saturated rings. The van der Waals surface area contributed by atoms with Gasteiger partial charge in [0.25, 0.3) is 0 Å². The van der Waals surface area contributed by atoms with E-state index < -0.39 is 5.82 Å². The standard InChI is InChI=1S/C32H42F2N2O3/c1-5-37-24(4)28-13-11-26(21-30(28)33)23(3)9-7-17-36-18-15-25(16-19-36)10-8-20-39-27-12-14-29(31(34)22-27)32(35)38-6-2/h11-14,21-22,25,35H,3-10,15-20H2,1-2H3. The number of likely N-dealkylation sites (tertiary alicyclic amines) is 1. The van der Waals surface area contributed by atoms with Gasteiger partial charge in [-0.15, -0.1) is 0 Å². The number of hydrogen-bond acceptors (Lipinski definition) is 5. The van der Waals surface area contributed by atoms with Crippen molar-refractivity contribution in [1.82, 2.24) is 4.90 Å². The first-order chi connectivity index (χ1) is 18.8. The van der Waals surface area contributed by atoms with E-state index in [2.05, 4.69) is 18.1 Å². The number of ether oxygens (including phenoxy) is 3. The summed E-state index contributed by atoms with van der Waals surface area (Å²) in [4.78, 5) is 2.50.